The number of hydrogen-bond acceptors (Lipinski definition) is 3. The Morgan fingerprint density at radius 3 is 3.00 bits per heavy atom. The standard InChI is InChI=1S/C12H20N4O/c1-15-8-10(7-14-15)16(2)12(17)11-5-3-4-9(11)6-13/h7-9,11H,3-6,13H2,1-2H3/t9-,11-/m1/s1. The first-order chi connectivity index (χ1) is 8.13. The Morgan fingerprint density at radius 2 is 2.41 bits per heavy atom. The van der Waals surface area contributed by atoms with Gasteiger partial charge in [-0.1, -0.05) is 6.42 Å². The second kappa shape index (κ2) is 4.87. The van der Waals surface area contributed by atoms with Crippen molar-refractivity contribution < 1.29 is 4.79 Å². The molecule has 1 aliphatic rings. The van der Waals surface area contributed by atoms with E-state index >= 15 is 0 Å². The molecule has 0 unspecified atom stereocenters. The zero-order valence-corrected chi connectivity index (χ0v) is 10.5. The fraction of sp³-hybridized carbons (Fsp3) is 0.667. The Balaban J connectivity index is 2.09. The molecule has 2 atom stereocenters. The van der Waals surface area contributed by atoms with Gasteiger partial charge in [-0.15, -0.1) is 0 Å². The number of rotatable bonds is 3. The lowest BCUT2D eigenvalue weighted by atomic mass is 9.95. The maximum Gasteiger partial charge on any atom is 0.230 e. The number of nitrogens with two attached hydrogens (primary N) is 1. The molecule has 0 aliphatic heterocycles. The van der Waals surface area contributed by atoms with Crippen molar-refractivity contribution >= 4 is 11.6 Å². The third-order valence-electron chi connectivity index (χ3n) is 3.69. The van der Waals surface area contributed by atoms with Crippen molar-refractivity contribution in [3.8, 4) is 0 Å². The number of nitrogens with zero attached hydrogens (tertiary/aromatic N) is 3. The number of aromatic nitrogens is 2. The fourth-order valence-corrected chi connectivity index (χ4v) is 2.60. The van der Waals surface area contributed by atoms with Crippen LogP contribution in [0, 0.1) is 11.8 Å². The van der Waals surface area contributed by atoms with Crippen LogP contribution in [0.1, 0.15) is 19.3 Å². The van der Waals surface area contributed by atoms with Crippen LogP contribution in [0.15, 0.2) is 12.4 Å². The minimum atomic E-state index is 0.0882. The minimum Gasteiger partial charge on any atom is -0.330 e. The van der Waals surface area contributed by atoms with Gasteiger partial charge in [0.2, 0.25) is 5.91 Å². The molecule has 2 N–H and O–H groups in total. The van der Waals surface area contributed by atoms with E-state index in [9.17, 15) is 4.79 Å². The smallest absolute Gasteiger partial charge is 0.230 e. The fourth-order valence-electron chi connectivity index (χ4n) is 2.60. The molecule has 1 saturated carbocycles. The average molecular weight is 236 g/mol. The molecule has 2 rings (SSSR count). The Kier molecular flexibility index (Phi) is 3.47. The first-order valence-electron chi connectivity index (χ1n) is 6.09. The van der Waals surface area contributed by atoms with Crippen molar-refractivity contribution in [1.29, 1.82) is 0 Å². The maximum absolute atomic E-state index is 12.4. The van der Waals surface area contributed by atoms with Crippen molar-refractivity contribution in [3.05, 3.63) is 12.4 Å². The lowest BCUT2D eigenvalue weighted by molar-refractivity contribution is -0.123. The number of carbonyl (C=O) groups is 1. The summed E-state index contributed by atoms with van der Waals surface area (Å²) in [5.74, 6) is 0.609. The Bertz CT molecular complexity index is 401. The quantitative estimate of drug-likeness (QED) is 0.842. The van der Waals surface area contributed by atoms with Crippen molar-refractivity contribution in [2.75, 3.05) is 18.5 Å². The second-order valence-corrected chi connectivity index (χ2v) is 4.80. The van der Waals surface area contributed by atoms with E-state index < -0.39 is 0 Å². The number of hydrogen-bond donors (Lipinski definition) is 1. The zero-order valence-electron chi connectivity index (χ0n) is 10.5. The first kappa shape index (κ1) is 12.1. The molecular formula is C12H20N4O. The van der Waals surface area contributed by atoms with Crippen LogP contribution in [-0.4, -0.2) is 29.3 Å². The first-order valence-corrected chi connectivity index (χ1v) is 6.09. The Hall–Kier alpha value is -1.36. The molecule has 1 aromatic heterocycles. The van der Waals surface area contributed by atoms with E-state index in [2.05, 4.69) is 5.10 Å². The molecule has 1 aliphatic carbocycles. The molecule has 0 saturated heterocycles. The average Bonchev–Trinajstić information content (AvgIpc) is 2.95. The highest BCUT2D eigenvalue weighted by Crippen LogP contribution is 2.33. The molecule has 1 amide bonds. The summed E-state index contributed by atoms with van der Waals surface area (Å²) in [6, 6.07) is 0. The largest absolute Gasteiger partial charge is 0.330 e. The molecule has 17 heavy (non-hydrogen) atoms. The summed E-state index contributed by atoms with van der Waals surface area (Å²) in [6.07, 6.45) is 6.72. The summed E-state index contributed by atoms with van der Waals surface area (Å²) >= 11 is 0. The lowest BCUT2D eigenvalue weighted by Crippen LogP contribution is -2.36. The van der Waals surface area contributed by atoms with Gasteiger partial charge in [-0.3, -0.25) is 9.48 Å². The van der Waals surface area contributed by atoms with E-state index in [1.807, 2.05) is 20.3 Å². The van der Waals surface area contributed by atoms with Crippen LogP contribution in [-0.2, 0) is 11.8 Å². The Labute approximate surface area is 102 Å². The van der Waals surface area contributed by atoms with E-state index in [4.69, 9.17) is 5.73 Å². The predicted molar refractivity (Wildman–Crippen MR) is 66.5 cm³/mol. The molecule has 94 valence electrons. The van der Waals surface area contributed by atoms with Gasteiger partial charge >= 0.3 is 0 Å². The second-order valence-electron chi connectivity index (χ2n) is 4.80. The molecule has 0 radical (unpaired) electrons. The van der Waals surface area contributed by atoms with Crippen LogP contribution < -0.4 is 10.6 Å². The van der Waals surface area contributed by atoms with Crippen LogP contribution in [0.25, 0.3) is 0 Å². The lowest BCUT2D eigenvalue weighted by Gasteiger charge is -2.23. The molecule has 1 heterocycles. The summed E-state index contributed by atoms with van der Waals surface area (Å²) in [5.41, 5.74) is 6.57. The summed E-state index contributed by atoms with van der Waals surface area (Å²) in [4.78, 5) is 14.1. The molecule has 5 heteroatoms. The number of anilines is 1. The van der Waals surface area contributed by atoms with Gasteiger partial charge in [0.05, 0.1) is 11.9 Å². The van der Waals surface area contributed by atoms with Gasteiger partial charge in [0.1, 0.15) is 0 Å². The molecular weight excluding hydrogens is 216 g/mol. The summed E-state index contributed by atoms with van der Waals surface area (Å²) in [5, 5.41) is 4.08. The third kappa shape index (κ3) is 2.34. The van der Waals surface area contributed by atoms with Gasteiger partial charge in [-0.05, 0) is 25.3 Å². The SMILES string of the molecule is CN(C(=O)[C@@H]1CCC[C@@H]1CN)c1cnn(C)c1. The van der Waals surface area contributed by atoms with Crippen molar-refractivity contribution in [2.24, 2.45) is 24.6 Å². The summed E-state index contributed by atoms with van der Waals surface area (Å²) < 4.78 is 1.70. The number of amides is 1. The molecule has 0 bridgehead atoms. The van der Waals surface area contributed by atoms with E-state index in [1.165, 1.54) is 0 Å². The number of carbonyl (C=O) groups excluding carboxylic acids is 1. The molecule has 1 fully saturated rings. The Morgan fingerprint density at radius 1 is 1.65 bits per heavy atom. The summed E-state index contributed by atoms with van der Waals surface area (Å²) in [7, 11) is 3.66. The molecule has 1 aromatic rings. The van der Waals surface area contributed by atoms with Gasteiger partial charge in [0, 0.05) is 26.2 Å². The minimum absolute atomic E-state index is 0.0882. The van der Waals surface area contributed by atoms with Gasteiger partial charge in [-0.2, -0.15) is 5.10 Å². The highest BCUT2D eigenvalue weighted by Gasteiger charge is 2.34. The summed E-state index contributed by atoms with van der Waals surface area (Å²) in [6.45, 7) is 0.608. The van der Waals surface area contributed by atoms with E-state index in [0.29, 0.717) is 12.5 Å². The normalized spacial score (nSPS) is 23.9. The third-order valence-corrected chi connectivity index (χ3v) is 3.69. The van der Waals surface area contributed by atoms with Crippen LogP contribution in [0.2, 0.25) is 0 Å². The van der Waals surface area contributed by atoms with Crippen LogP contribution in [0.5, 0.6) is 0 Å². The van der Waals surface area contributed by atoms with Crippen molar-refractivity contribution in [1.82, 2.24) is 9.78 Å². The highest BCUT2D eigenvalue weighted by atomic mass is 16.2. The molecule has 0 spiro atoms. The van der Waals surface area contributed by atoms with Crippen molar-refractivity contribution in [3.63, 3.8) is 0 Å². The van der Waals surface area contributed by atoms with E-state index in [1.54, 1.807) is 15.8 Å². The zero-order chi connectivity index (χ0) is 12.4. The highest BCUT2D eigenvalue weighted by molar-refractivity contribution is 5.94. The van der Waals surface area contributed by atoms with E-state index in [0.717, 1.165) is 24.9 Å². The molecule has 0 aromatic carbocycles. The predicted octanol–water partition coefficient (Wildman–Crippen LogP) is 0.758. The van der Waals surface area contributed by atoms with Gasteiger partial charge < -0.3 is 10.6 Å². The van der Waals surface area contributed by atoms with E-state index in [-0.39, 0.29) is 11.8 Å². The van der Waals surface area contributed by atoms with Gasteiger partial charge in [0.15, 0.2) is 0 Å². The van der Waals surface area contributed by atoms with Crippen LogP contribution in [0.3, 0.4) is 0 Å². The number of aryl methyl sites for hydroxylation is 1. The monoisotopic (exact) mass is 236 g/mol. The molecule has 5 nitrogen and oxygen atoms in total. The topological polar surface area (TPSA) is 64.2 Å². The van der Waals surface area contributed by atoms with Crippen molar-refractivity contribution in [2.45, 2.75) is 19.3 Å². The van der Waals surface area contributed by atoms with Crippen LogP contribution in [0.4, 0.5) is 5.69 Å². The van der Waals surface area contributed by atoms with Crippen LogP contribution >= 0.6 is 0 Å². The van der Waals surface area contributed by atoms with Gasteiger partial charge in [-0.25, -0.2) is 0 Å². The van der Waals surface area contributed by atoms with Gasteiger partial charge in [0.25, 0.3) is 0 Å². The maximum atomic E-state index is 12.4.